The van der Waals surface area contributed by atoms with Gasteiger partial charge in [-0.1, -0.05) is 6.07 Å². The average molecular weight is 310 g/mol. The highest BCUT2D eigenvalue weighted by atomic mass is 32.2. The first-order valence-electron chi connectivity index (χ1n) is 6.99. The fourth-order valence-corrected chi connectivity index (χ4v) is 3.81. The van der Waals surface area contributed by atoms with Gasteiger partial charge in [0.05, 0.1) is 6.10 Å². The molecule has 3 rings (SSSR count). The Balaban J connectivity index is 1.91. The summed E-state index contributed by atoms with van der Waals surface area (Å²) in [6, 6.07) is 5.51. The third kappa shape index (κ3) is 2.68. The summed E-state index contributed by atoms with van der Waals surface area (Å²) < 4.78 is 22.8. The predicted octanol–water partition coefficient (Wildman–Crippen LogP) is 0.450. The standard InChI is InChI=1S/C14H18N2O4S/c15-21(19,20)11-7-14(18)16(8-11)10-5-4-9-2-1-3-13(17)12(9)6-10/h4-6,11,13,17H,1-3,7-8H2,(H2,15,19,20). The molecule has 21 heavy (non-hydrogen) atoms. The number of fused-ring (bicyclic) bond motifs is 1. The molecule has 1 heterocycles. The lowest BCUT2D eigenvalue weighted by molar-refractivity contribution is -0.117. The Bertz CT molecular complexity index is 686. The van der Waals surface area contributed by atoms with Crippen molar-refractivity contribution < 1.29 is 18.3 Å². The van der Waals surface area contributed by atoms with Crippen LogP contribution in [0.1, 0.15) is 36.5 Å². The first-order valence-corrected chi connectivity index (χ1v) is 8.60. The first-order chi connectivity index (χ1) is 9.86. The van der Waals surface area contributed by atoms with E-state index in [1.165, 1.54) is 4.90 Å². The van der Waals surface area contributed by atoms with Crippen LogP contribution in [0.3, 0.4) is 0 Å². The van der Waals surface area contributed by atoms with Gasteiger partial charge in [0.15, 0.2) is 0 Å². The molecule has 0 saturated carbocycles. The molecule has 3 N–H and O–H groups in total. The van der Waals surface area contributed by atoms with Crippen molar-refractivity contribution in [2.24, 2.45) is 5.14 Å². The molecular weight excluding hydrogens is 292 g/mol. The minimum absolute atomic E-state index is 0.0759. The van der Waals surface area contributed by atoms with E-state index in [9.17, 15) is 18.3 Å². The van der Waals surface area contributed by atoms with Crippen LogP contribution in [-0.2, 0) is 21.2 Å². The SMILES string of the molecule is NS(=O)(=O)C1CC(=O)N(c2ccc3c(c2)C(O)CCC3)C1. The molecular formula is C14H18N2O4S. The van der Waals surface area contributed by atoms with E-state index in [-0.39, 0.29) is 18.9 Å². The molecule has 7 heteroatoms. The monoisotopic (exact) mass is 310 g/mol. The van der Waals surface area contributed by atoms with E-state index in [1.54, 1.807) is 12.1 Å². The lowest BCUT2D eigenvalue weighted by Gasteiger charge is -2.24. The zero-order valence-electron chi connectivity index (χ0n) is 11.5. The second-order valence-electron chi connectivity index (χ2n) is 5.71. The Hall–Kier alpha value is -1.44. The number of benzene rings is 1. The van der Waals surface area contributed by atoms with Crippen molar-refractivity contribution in [1.82, 2.24) is 0 Å². The number of carbonyl (C=O) groups excluding carboxylic acids is 1. The number of nitrogens with two attached hydrogens (primary N) is 1. The third-order valence-corrected chi connectivity index (χ3v) is 5.52. The number of primary sulfonamides is 1. The van der Waals surface area contributed by atoms with Crippen LogP contribution in [0.15, 0.2) is 18.2 Å². The van der Waals surface area contributed by atoms with Gasteiger partial charge in [-0.25, -0.2) is 13.6 Å². The van der Waals surface area contributed by atoms with Gasteiger partial charge in [0, 0.05) is 18.7 Å². The highest BCUT2D eigenvalue weighted by Crippen LogP contribution is 2.34. The Morgan fingerprint density at radius 3 is 2.76 bits per heavy atom. The minimum Gasteiger partial charge on any atom is -0.388 e. The molecule has 6 nitrogen and oxygen atoms in total. The molecule has 1 aromatic rings. The molecule has 2 aliphatic rings. The normalized spacial score (nSPS) is 26.0. The van der Waals surface area contributed by atoms with Crippen LogP contribution in [0.2, 0.25) is 0 Å². The minimum atomic E-state index is -3.72. The molecule has 2 unspecified atom stereocenters. The zero-order valence-corrected chi connectivity index (χ0v) is 12.3. The van der Waals surface area contributed by atoms with Gasteiger partial charge >= 0.3 is 0 Å². The fraction of sp³-hybridized carbons (Fsp3) is 0.500. The number of nitrogens with zero attached hydrogens (tertiary/aromatic N) is 1. The number of aliphatic hydroxyl groups is 1. The van der Waals surface area contributed by atoms with Crippen LogP contribution in [0.5, 0.6) is 0 Å². The van der Waals surface area contributed by atoms with E-state index in [1.807, 2.05) is 6.07 Å². The van der Waals surface area contributed by atoms with Crippen molar-refractivity contribution in [3.05, 3.63) is 29.3 Å². The molecule has 1 aliphatic carbocycles. The molecule has 2 atom stereocenters. The topological polar surface area (TPSA) is 101 Å². The zero-order chi connectivity index (χ0) is 15.2. The maximum atomic E-state index is 12.0. The summed E-state index contributed by atoms with van der Waals surface area (Å²) in [6.07, 6.45) is 1.98. The van der Waals surface area contributed by atoms with E-state index >= 15 is 0 Å². The summed E-state index contributed by atoms with van der Waals surface area (Å²) in [5.41, 5.74) is 2.56. The summed E-state index contributed by atoms with van der Waals surface area (Å²) in [7, 11) is -3.72. The summed E-state index contributed by atoms with van der Waals surface area (Å²) >= 11 is 0. The molecule has 1 saturated heterocycles. The maximum Gasteiger partial charge on any atom is 0.228 e. The number of sulfonamides is 1. The van der Waals surface area contributed by atoms with Crippen molar-refractivity contribution in [3.8, 4) is 0 Å². The highest BCUT2D eigenvalue weighted by Gasteiger charge is 2.37. The Morgan fingerprint density at radius 1 is 1.33 bits per heavy atom. The van der Waals surface area contributed by atoms with Crippen LogP contribution in [0.25, 0.3) is 0 Å². The van der Waals surface area contributed by atoms with Crippen LogP contribution >= 0.6 is 0 Å². The van der Waals surface area contributed by atoms with Gasteiger partial charge in [0.1, 0.15) is 5.25 Å². The second kappa shape index (κ2) is 5.08. The summed E-state index contributed by atoms with van der Waals surface area (Å²) in [5, 5.41) is 14.3. The van der Waals surface area contributed by atoms with Crippen molar-refractivity contribution >= 4 is 21.6 Å². The lowest BCUT2D eigenvalue weighted by atomic mass is 9.89. The second-order valence-corrected chi connectivity index (χ2v) is 7.56. The van der Waals surface area contributed by atoms with Gasteiger partial charge in [-0.2, -0.15) is 0 Å². The van der Waals surface area contributed by atoms with E-state index in [2.05, 4.69) is 0 Å². The van der Waals surface area contributed by atoms with Gasteiger partial charge in [0.25, 0.3) is 0 Å². The summed E-state index contributed by atoms with van der Waals surface area (Å²) in [6.45, 7) is 0.0759. The van der Waals surface area contributed by atoms with Crippen LogP contribution in [0, 0.1) is 0 Å². The summed E-state index contributed by atoms with van der Waals surface area (Å²) in [4.78, 5) is 13.5. The number of rotatable bonds is 2. The quantitative estimate of drug-likeness (QED) is 0.828. The Morgan fingerprint density at radius 2 is 2.10 bits per heavy atom. The average Bonchev–Trinajstić information content (AvgIpc) is 2.81. The van der Waals surface area contributed by atoms with E-state index in [0.29, 0.717) is 12.1 Å². The number of aryl methyl sites for hydroxylation is 1. The number of amides is 1. The molecule has 1 aliphatic heterocycles. The molecule has 1 fully saturated rings. The molecule has 1 amide bonds. The maximum absolute atomic E-state index is 12.0. The van der Waals surface area contributed by atoms with Crippen molar-refractivity contribution in [3.63, 3.8) is 0 Å². The molecule has 1 aromatic carbocycles. The van der Waals surface area contributed by atoms with Crippen LogP contribution < -0.4 is 10.0 Å². The van der Waals surface area contributed by atoms with Crippen molar-refractivity contribution in [2.45, 2.75) is 37.0 Å². The largest absolute Gasteiger partial charge is 0.388 e. The van der Waals surface area contributed by atoms with E-state index in [4.69, 9.17) is 5.14 Å². The Kier molecular flexibility index (Phi) is 3.51. The van der Waals surface area contributed by atoms with E-state index in [0.717, 1.165) is 24.0 Å². The van der Waals surface area contributed by atoms with Crippen LogP contribution in [-0.4, -0.2) is 31.2 Å². The van der Waals surface area contributed by atoms with Crippen molar-refractivity contribution in [2.75, 3.05) is 11.4 Å². The number of carbonyl (C=O) groups is 1. The number of aliphatic hydroxyl groups excluding tert-OH is 1. The fourth-order valence-electron chi connectivity index (χ4n) is 3.07. The predicted molar refractivity (Wildman–Crippen MR) is 78.2 cm³/mol. The third-order valence-electron chi connectivity index (χ3n) is 4.28. The van der Waals surface area contributed by atoms with Crippen molar-refractivity contribution in [1.29, 1.82) is 0 Å². The summed E-state index contributed by atoms with van der Waals surface area (Å²) in [5.74, 6) is -0.251. The first kappa shape index (κ1) is 14.5. The van der Waals surface area contributed by atoms with Gasteiger partial charge < -0.3 is 10.0 Å². The Labute approximate surface area is 123 Å². The van der Waals surface area contributed by atoms with Gasteiger partial charge in [-0.05, 0) is 42.5 Å². The smallest absolute Gasteiger partial charge is 0.228 e. The molecule has 0 spiro atoms. The molecule has 114 valence electrons. The van der Waals surface area contributed by atoms with E-state index < -0.39 is 21.4 Å². The van der Waals surface area contributed by atoms with Crippen LogP contribution in [0.4, 0.5) is 5.69 Å². The molecule has 0 bridgehead atoms. The number of hydrogen-bond acceptors (Lipinski definition) is 4. The highest BCUT2D eigenvalue weighted by molar-refractivity contribution is 7.89. The lowest BCUT2D eigenvalue weighted by Crippen LogP contribution is -2.32. The number of hydrogen-bond donors (Lipinski definition) is 2. The molecule has 0 aromatic heterocycles. The van der Waals surface area contributed by atoms with Gasteiger partial charge in [-0.15, -0.1) is 0 Å². The van der Waals surface area contributed by atoms with Gasteiger partial charge in [0.2, 0.25) is 15.9 Å². The molecule has 0 radical (unpaired) electrons. The number of anilines is 1. The van der Waals surface area contributed by atoms with Gasteiger partial charge in [-0.3, -0.25) is 4.79 Å².